The number of rotatable bonds is 8. The zero-order chi connectivity index (χ0) is 12.6. The van der Waals surface area contributed by atoms with Crippen molar-refractivity contribution in [1.29, 1.82) is 5.26 Å². The van der Waals surface area contributed by atoms with Crippen molar-refractivity contribution in [2.45, 2.75) is 24.4 Å². The summed E-state index contributed by atoms with van der Waals surface area (Å²) in [7, 11) is 0. The van der Waals surface area contributed by atoms with Gasteiger partial charge in [0.25, 0.3) is 0 Å². The van der Waals surface area contributed by atoms with E-state index in [-0.39, 0.29) is 12.0 Å². The normalized spacial score (nSPS) is 18.2. The molecule has 0 saturated carbocycles. The third kappa shape index (κ3) is 4.89. The van der Waals surface area contributed by atoms with Crippen LogP contribution in [0.15, 0.2) is 0 Å². The zero-order valence-electron chi connectivity index (χ0n) is 8.26. The van der Waals surface area contributed by atoms with Gasteiger partial charge in [-0.2, -0.15) is 5.26 Å². The molecule has 0 saturated heterocycles. The number of aliphatic hydroxyl groups excluding tert-OH is 4. The average Bonchev–Trinajstić information content (AvgIpc) is 2.32. The molecular formula is C8H13NO6S. The predicted octanol–water partition coefficient (Wildman–Crippen LogP) is -2.18. The molecule has 0 aromatic heterocycles. The molecule has 8 heteroatoms. The van der Waals surface area contributed by atoms with Gasteiger partial charge in [-0.1, -0.05) is 0 Å². The molecule has 92 valence electrons. The Kier molecular flexibility index (Phi) is 8.10. The lowest BCUT2D eigenvalue weighted by molar-refractivity contribution is -0.131. The van der Waals surface area contributed by atoms with Gasteiger partial charge in [0, 0.05) is 12.0 Å². The van der Waals surface area contributed by atoms with E-state index < -0.39 is 31.0 Å². The Morgan fingerprint density at radius 3 is 2.44 bits per heavy atom. The standard InChI is InChI=1S/C8H13NO6S/c9-1-2-16-15-6(4-11)8(14)7(13)5(12)3-10/h4-8,10,12-14H,2-3H2/t5-,6+,7+,8-/m1/s1. The van der Waals surface area contributed by atoms with Crippen molar-refractivity contribution in [3.8, 4) is 6.07 Å². The van der Waals surface area contributed by atoms with Crippen LogP contribution < -0.4 is 0 Å². The molecule has 0 fully saturated rings. The topological polar surface area (TPSA) is 131 Å². The van der Waals surface area contributed by atoms with Crippen molar-refractivity contribution < 1.29 is 29.4 Å². The van der Waals surface area contributed by atoms with Crippen molar-refractivity contribution in [2.24, 2.45) is 0 Å². The van der Waals surface area contributed by atoms with Gasteiger partial charge in [-0.15, -0.1) is 0 Å². The number of aldehydes is 1. The van der Waals surface area contributed by atoms with Crippen molar-refractivity contribution in [3.63, 3.8) is 0 Å². The maximum Gasteiger partial charge on any atom is 0.156 e. The Balaban J connectivity index is 4.24. The highest BCUT2D eigenvalue weighted by molar-refractivity contribution is 7.94. The van der Waals surface area contributed by atoms with Crippen LogP contribution in [0.4, 0.5) is 0 Å². The van der Waals surface area contributed by atoms with Gasteiger partial charge in [-0.25, -0.2) is 0 Å². The third-order valence-electron chi connectivity index (χ3n) is 1.70. The molecule has 0 aliphatic carbocycles. The minimum atomic E-state index is -1.71. The lowest BCUT2D eigenvalue weighted by atomic mass is 10.0. The largest absolute Gasteiger partial charge is 0.394 e. The maximum atomic E-state index is 10.5. The summed E-state index contributed by atoms with van der Waals surface area (Å²) >= 11 is 0.643. The van der Waals surface area contributed by atoms with E-state index in [1.807, 2.05) is 0 Å². The molecule has 0 unspecified atom stereocenters. The van der Waals surface area contributed by atoms with Crippen molar-refractivity contribution in [2.75, 3.05) is 12.4 Å². The van der Waals surface area contributed by atoms with Gasteiger partial charge in [-0.3, -0.25) is 0 Å². The van der Waals surface area contributed by atoms with Crippen molar-refractivity contribution in [1.82, 2.24) is 0 Å². The molecule has 0 aliphatic rings. The van der Waals surface area contributed by atoms with E-state index in [0.29, 0.717) is 12.0 Å². The Labute approximate surface area is 96.5 Å². The number of hydrogen-bond donors (Lipinski definition) is 4. The quantitative estimate of drug-likeness (QED) is 0.217. The molecule has 16 heavy (non-hydrogen) atoms. The SMILES string of the molecule is N#CCSO[C@@H](C=O)[C@@H](O)[C@@H](O)[C@H](O)CO. The second kappa shape index (κ2) is 8.46. The molecule has 0 bridgehead atoms. The minimum absolute atomic E-state index is 0.0459. The van der Waals surface area contributed by atoms with Gasteiger partial charge in [0.1, 0.15) is 24.1 Å². The molecule has 0 aliphatic heterocycles. The lowest BCUT2D eigenvalue weighted by Gasteiger charge is -2.24. The predicted molar refractivity (Wildman–Crippen MR) is 54.1 cm³/mol. The minimum Gasteiger partial charge on any atom is -0.394 e. The number of aliphatic hydroxyl groups is 4. The van der Waals surface area contributed by atoms with Crippen LogP contribution in [0.2, 0.25) is 0 Å². The third-order valence-corrected chi connectivity index (χ3v) is 2.31. The van der Waals surface area contributed by atoms with E-state index in [4.69, 9.17) is 19.7 Å². The first-order chi connectivity index (χ1) is 7.58. The van der Waals surface area contributed by atoms with Crippen LogP contribution in [0, 0.1) is 11.3 Å². The van der Waals surface area contributed by atoms with Gasteiger partial charge < -0.3 is 29.4 Å². The van der Waals surface area contributed by atoms with Crippen molar-refractivity contribution in [3.05, 3.63) is 0 Å². The monoisotopic (exact) mass is 251 g/mol. The summed E-state index contributed by atoms with van der Waals surface area (Å²) in [5.74, 6) is -0.0459. The number of hydrogen-bond acceptors (Lipinski definition) is 8. The first-order valence-corrected chi connectivity index (χ1v) is 5.25. The Hall–Kier alpha value is -0.690. The molecule has 0 amide bonds. The highest BCUT2D eigenvalue weighted by Crippen LogP contribution is 2.12. The van der Waals surface area contributed by atoms with Crippen LogP contribution in [0.25, 0.3) is 0 Å². The summed E-state index contributed by atoms with van der Waals surface area (Å²) in [6.07, 6.45) is -6.09. The summed E-state index contributed by atoms with van der Waals surface area (Å²) in [6, 6.07) is 1.74. The molecule has 4 N–H and O–H groups in total. The molecule has 0 aromatic rings. The maximum absolute atomic E-state index is 10.5. The van der Waals surface area contributed by atoms with E-state index in [1.54, 1.807) is 6.07 Å². The van der Waals surface area contributed by atoms with Crippen molar-refractivity contribution >= 4 is 18.3 Å². The molecule has 0 aromatic carbocycles. The number of nitriles is 1. The summed E-state index contributed by atoms with van der Waals surface area (Å²) in [5, 5.41) is 44.4. The molecule has 0 spiro atoms. The van der Waals surface area contributed by atoms with Gasteiger partial charge >= 0.3 is 0 Å². The Bertz CT molecular complexity index is 245. The van der Waals surface area contributed by atoms with Crippen LogP contribution in [0.3, 0.4) is 0 Å². The fourth-order valence-electron chi connectivity index (χ4n) is 0.829. The Morgan fingerprint density at radius 2 is 2.00 bits per heavy atom. The second-order valence-electron chi connectivity index (χ2n) is 2.85. The van der Waals surface area contributed by atoms with Gasteiger partial charge in [0.15, 0.2) is 12.4 Å². The first-order valence-electron chi connectivity index (χ1n) is 4.34. The summed E-state index contributed by atoms with van der Waals surface area (Å²) < 4.78 is 4.73. The molecule has 0 radical (unpaired) electrons. The smallest absolute Gasteiger partial charge is 0.156 e. The summed E-state index contributed by atoms with van der Waals surface area (Å²) in [5.41, 5.74) is 0. The molecule has 4 atom stereocenters. The zero-order valence-corrected chi connectivity index (χ0v) is 9.08. The fourth-order valence-corrected chi connectivity index (χ4v) is 1.27. The molecule has 7 nitrogen and oxygen atoms in total. The summed E-state index contributed by atoms with van der Waals surface area (Å²) in [6.45, 7) is -0.755. The van der Waals surface area contributed by atoms with Gasteiger partial charge in [-0.05, 0) is 0 Å². The summed E-state index contributed by atoms with van der Waals surface area (Å²) in [4.78, 5) is 10.5. The van der Waals surface area contributed by atoms with Crippen LogP contribution in [0.5, 0.6) is 0 Å². The second-order valence-corrected chi connectivity index (χ2v) is 3.57. The van der Waals surface area contributed by atoms with Crippen LogP contribution >= 0.6 is 12.0 Å². The molecular weight excluding hydrogens is 238 g/mol. The highest BCUT2D eigenvalue weighted by Gasteiger charge is 2.31. The molecule has 0 heterocycles. The van der Waals surface area contributed by atoms with E-state index in [9.17, 15) is 15.0 Å². The lowest BCUT2D eigenvalue weighted by Crippen LogP contribution is -2.46. The van der Waals surface area contributed by atoms with Crippen LogP contribution in [0.1, 0.15) is 0 Å². The Morgan fingerprint density at radius 1 is 1.38 bits per heavy atom. The average molecular weight is 251 g/mol. The number of nitrogens with zero attached hydrogens (tertiary/aromatic N) is 1. The fraction of sp³-hybridized carbons (Fsp3) is 0.750. The van der Waals surface area contributed by atoms with Gasteiger partial charge in [0.05, 0.1) is 12.7 Å². The van der Waals surface area contributed by atoms with Crippen LogP contribution in [-0.2, 0) is 8.98 Å². The van der Waals surface area contributed by atoms with E-state index >= 15 is 0 Å². The molecule has 0 rings (SSSR count). The van der Waals surface area contributed by atoms with E-state index in [0.717, 1.165) is 0 Å². The first kappa shape index (κ1) is 15.3. The van der Waals surface area contributed by atoms with Crippen LogP contribution in [-0.4, -0.2) is 63.5 Å². The van der Waals surface area contributed by atoms with E-state index in [2.05, 4.69) is 0 Å². The van der Waals surface area contributed by atoms with E-state index in [1.165, 1.54) is 0 Å². The number of carbonyl (C=O) groups excluding carboxylic acids is 1. The highest BCUT2D eigenvalue weighted by atomic mass is 32.2. The van der Waals surface area contributed by atoms with Gasteiger partial charge in [0.2, 0.25) is 0 Å². The number of carbonyl (C=O) groups is 1.